The molecule has 1 fully saturated rings. The Bertz CT molecular complexity index is 1300. The van der Waals surface area contributed by atoms with Gasteiger partial charge in [0.25, 0.3) is 11.7 Å². The van der Waals surface area contributed by atoms with Gasteiger partial charge in [0.05, 0.1) is 18.2 Å². The van der Waals surface area contributed by atoms with E-state index >= 15 is 0 Å². The Kier molecular flexibility index (Phi) is 7.50. The maximum absolute atomic E-state index is 13.4. The number of rotatable bonds is 9. The van der Waals surface area contributed by atoms with Crippen molar-refractivity contribution in [2.45, 2.75) is 39.2 Å². The quantitative estimate of drug-likeness (QED) is 0.249. The molecule has 7 nitrogen and oxygen atoms in total. The van der Waals surface area contributed by atoms with Gasteiger partial charge in [0.2, 0.25) is 0 Å². The molecule has 1 atom stereocenters. The SMILES string of the molecule is CCOc1ccc(/C(O)=C2\C(=O)C(=O)N(CCCN(C)C)C2c2c[nH]c3ccccc23)cc1C(C)C. The number of ether oxygens (including phenoxy) is 1. The Labute approximate surface area is 212 Å². The van der Waals surface area contributed by atoms with Gasteiger partial charge in [0.15, 0.2) is 0 Å². The lowest BCUT2D eigenvalue weighted by Crippen LogP contribution is -2.32. The summed E-state index contributed by atoms with van der Waals surface area (Å²) >= 11 is 0. The fourth-order valence-electron chi connectivity index (χ4n) is 4.90. The number of fused-ring (bicyclic) bond motifs is 1. The summed E-state index contributed by atoms with van der Waals surface area (Å²) < 4.78 is 5.77. The maximum Gasteiger partial charge on any atom is 0.295 e. The number of ketones is 1. The Balaban J connectivity index is 1.87. The van der Waals surface area contributed by atoms with Crippen molar-refractivity contribution in [3.05, 3.63) is 70.9 Å². The Morgan fingerprint density at radius 3 is 2.61 bits per heavy atom. The highest BCUT2D eigenvalue weighted by Gasteiger charge is 2.46. The van der Waals surface area contributed by atoms with E-state index < -0.39 is 17.7 Å². The van der Waals surface area contributed by atoms with E-state index in [1.54, 1.807) is 11.0 Å². The van der Waals surface area contributed by atoms with Gasteiger partial charge in [-0.3, -0.25) is 9.59 Å². The van der Waals surface area contributed by atoms with Gasteiger partial charge in [-0.15, -0.1) is 0 Å². The third-order valence-corrected chi connectivity index (χ3v) is 6.67. The number of likely N-dealkylation sites (tertiary alicyclic amines) is 1. The Morgan fingerprint density at radius 2 is 1.92 bits per heavy atom. The van der Waals surface area contributed by atoms with Crippen molar-refractivity contribution in [3.63, 3.8) is 0 Å². The van der Waals surface area contributed by atoms with Gasteiger partial charge in [-0.25, -0.2) is 0 Å². The fourth-order valence-corrected chi connectivity index (χ4v) is 4.90. The molecule has 0 bridgehead atoms. The Morgan fingerprint density at radius 1 is 1.17 bits per heavy atom. The lowest BCUT2D eigenvalue weighted by atomic mass is 9.93. The number of hydrogen-bond donors (Lipinski definition) is 2. The summed E-state index contributed by atoms with van der Waals surface area (Å²) in [6, 6.07) is 12.5. The number of aromatic nitrogens is 1. The van der Waals surface area contributed by atoms with Crippen molar-refractivity contribution in [1.29, 1.82) is 0 Å². The molecule has 1 saturated heterocycles. The van der Waals surface area contributed by atoms with Gasteiger partial charge < -0.3 is 24.6 Å². The van der Waals surface area contributed by atoms with Gasteiger partial charge in [-0.1, -0.05) is 32.0 Å². The molecular weight excluding hydrogens is 454 g/mol. The number of aliphatic hydroxyl groups is 1. The number of nitrogens with one attached hydrogen (secondary N) is 1. The number of aromatic amines is 1. The van der Waals surface area contributed by atoms with Crippen LogP contribution in [-0.4, -0.2) is 65.4 Å². The van der Waals surface area contributed by atoms with Crippen LogP contribution < -0.4 is 4.74 Å². The van der Waals surface area contributed by atoms with Crippen LogP contribution in [0.5, 0.6) is 5.75 Å². The van der Waals surface area contributed by atoms with E-state index in [9.17, 15) is 14.7 Å². The molecular formula is C29H35N3O4. The van der Waals surface area contributed by atoms with E-state index in [0.29, 0.717) is 25.1 Å². The average molecular weight is 490 g/mol. The largest absolute Gasteiger partial charge is 0.507 e. The van der Waals surface area contributed by atoms with Crippen LogP contribution >= 0.6 is 0 Å². The first-order valence-electron chi connectivity index (χ1n) is 12.5. The molecule has 4 rings (SSSR count). The first-order chi connectivity index (χ1) is 17.2. The van der Waals surface area contributed by atoms with Crippen LogP contribution in [0.4, 0.5) is 0 Å². The lowest BCUT2D eigenvalue weighted by Gasteiger charge is -2.25. The van der Waals surface area contributed by atoms with Crippen LogP contribution in [0.25, 0.3) is 16.7 Å². The number of aliphatic hydroxyl groups excluding tert-OH is 1. The van der Waals surface area contributed by atoms with Crippen LogP contribution in [0.3, 0.4) is 0 Å². The lowest BCUT2D eigenvalue weighted by molar-refractivity contribution is -0.139. The predicted octanol–water partition coefficient (Wildman–Crippen LogP) is 5.06. The minimum absolute atomic E-state index is 0.119. The molecule has 1 aliphatic heterocycles. The summed E-state index contributed by atoms with van der Waals surface area (Å²) in [4.78, 5) is 33.6. The summed E-state index contributed by atoms with van der Waals surface area (Å²) in [6.45, 7) is 7.75. The van der Waals surface area contributed by atoms with Crippen LogP contribution in [0.2, 0.25) is 0 Å². The van der Waals surface area contributed by atoms with E-state index in [4.69, 9.17) is 4.74 Å². The van der Waals surface area contributed by atoms with Crippen molar-refractivity contribution in [1.82, 2.24) is 14.8 Å². The van der Waals surface area contributed by atoms with Gasteiger partial charge in [-0.2, -0.15) is 0 Å². The molecule has 2 heterocycles. The standard InChI is InChI=1S/C29H35N3O4/c1-6-36-24-13-12-19(16-21(24)18(2)3)27(33)25-26(22-17-30-23-11-8-7-10-20(22)23)32(29(35)28(25)34)15-9-14-31(4)5/h7-8,10-13,16-18,26,30,33H,6,9,14-15H2,1-5H3/b27-25+. The van der Waals surface area contributed by atoms with Crippen molar-refractivity contribution < 1.29 is 19.4 Å². The van der Waals surface area contributed by atoms with E-state index in [-0.39, 0.29) is 17.3 Å². The summed E-state index contributed by atoms with van der Waals surface area (Å²) in [5.74, 6) is -0.504. The van der Waals surface area contributed by atoms with E-state index in [0.717, 1.165) is 34.3 Å². The van der Waals surface area contributed by atoms with Crippen LogP contribution in [0, 0.1) is 0 Å². The highest BCUT2D eigenvalue weighted by Crippen LogP contribution is 2.42. The number of benzene rings is 2. The number of Topliss-reactive ketones (excluding diaryl/α,β-unsaturated/α-hetero) is 1. The van der Waals surface area contributed by atoms with Crippen LogP contribution in [-0.2, 0) is 9.59 Å². The van der Waals surface area contributed by atoms with Gasteiger partial charge in [0.1, 0.15) is 11.5 Å². The maximum atomic E-state index is 13.4. The molecule has 1 unspecified atom stereocenters. The van der Waals surface area contributed by atoms with Crippen molar-refractivity contribution in [2.75, 3.05) is 33.8 Å². The molecule has 2 N–H and O–H groups in total. The summed E-state index contributed by atoms with van der Waals surface area (Å²) in [6.07, 6.45) is 2.55. The van der Waals surface area contributed by atoms with Crippen molar-refractivity contribution in [2.24, 2.45) is 0 Å². The second-order valence-electron chi connectivity index (χ2n) is 9.78. The molecule has 1 amide bonds. The average Bonchev–Trinajstić information content (AvgIpc) is 3.38. The number of H-pyrrole nitrogens is 1. The summed E-state index contributed by atoms with van der Waals surface area (Å²) in [7, 11) is 3.95. The molecule has 1 aliphatic rings. The highest BCUT2D eigenvalue weighted by molar-refractivity contribution is 6.46. The normalized spacial score (nSPS) is 17.6. The van der Waals surface area contributed by atoms with Gasteiger partial charge in [-0.05, 0) is 69.7 Å². The number of para-hydroxylation sites is 1. The van der Waals surface area contributed by atoms with Crippen molar-refractivity contribution >= 4 is 28.4 Å². The second-order valence-corrected chi connectivity index (χ2v) is 9.78. The van der Waals surface area contributed by atoms with Crippen molar-refractivity contribution in [3.8, 4) is 5.75 Å². The number of carbonyl (C=O) groups is 2. The third kappa shape index (κ3) is 4.75. The monoisotopic (exact) mass is 489 g/mol. The molecule has 3 aromatic rings. The third-order valence-electron chi connectivity index (χ3n) is 6.67. The molecule has 7 heteroatoms. The van der Waals surface area contributed by atoms with Crippen LogP contribution in [0.15, 0.2) is 54.2 Å². The highest BCUT2D eigenvalue weighted by atomic mass is 16.5. The molecule has 0 spiro atoms. The minimum Gasteiger partial charge on any atom is -0.507 e. The van der Waals surface area contributed by atoms with E-state index in [1.165, 1.54) is 0 Å². The van der Waals surface area contributed by atoms with Crippen LogP contribution in [0.1, 0.15) is 55.8 Å². The zero-order valence-corrected chi connectivity index (χ0v) is 21.7. The molecule has 0 aliphatic carbocycles. The first kappa shape index (κ1) is 25.5. The molecule has 190 valence electrons. The summed E-state index contributed by atoms with van der Waals surface area (Å²) in [5, 5.41) is 12.4. The van der Waals surface area contributed by atoms with E-state index in [2.05, 4.69) is 18.8 Å². The molecule has 0 saturated carbocycles. The second kappa shape index (κ2) is 10.6. The van der Waals surface area contributed by atoms with E-state index in [1.807, 2.05) is 68.5 Å². The molecule has 2 aromatic carbocycles. The van der Waals surface area contributed by atoms with Gasteiger partial charge in [0, 0.05) is 34.8 Å². The topological polar surface area (TPSA) is 85.9 Å². The molecule has 36 heavy (non-hydrogen) atoms. The Hall–Kier alpha value is -3.58. The number of amides is 1. The molecule has 1 aromatic heterocycles. The fraction of sp³-hybridized carbons (Fsp3) is 0.379. The zero-order chi connectivity index (χ0) is 26.0. The smallest absolute Gasteiger partial charge is 0.295 e. The zero-order valence-electron chi connectivity index (χ0n) is 21.7. The predicted molar refractivity (Wildman–Crippen MR) is 142 cm³/mol. The number of hydrogen-bond acceptors (Lipinski definition) is 5. The number of carbonyl (C=O) groups excluding carboxylic acids is 2. The first-order valence-corrected chi connectivity index (χ1v) is 12.5. The van der Waals surface area contributed by atoms with Gasteiger partial charge >= 0.3 is 0 Å². The minimum atomic E-state index is -0.683. The summed E-state index contributed by atoms with van der Waals surface area (Å²) in [5.41, 5.74) is 3.26. The molecule has 0 radical (unpaired) electrons. The number of nitrogens with zero attached hydrogens (tertiary/aromatic N) is 2.